The number of nitrogens with two attached hydrogens (primary N) is 1. The van der Waals surface area contributed by atoms with E-state index in [2.05, 4.69) is 25.5 Å². The normalized spacial score (nSPS) is 17.1. The van der Waals surface area contributed by atoms with Crippen molar-refractivity contribution in [3.05, 3.63) is 75.6 Å². The van der Waals surface area contributed by atoms with E-state index in [0.717, 1.165) is 29.1 Å². The first-order valence-corrected chi connectivity index (χ1v) is 13.4. The molecule has 1 aromatic carbocycles. The van der Waals surface area contributed by atoms with E-state index in [4.69, 9.17) is 10.2 Å². The molecule has 1 amide bonds. The number of rotatable bonds is 8. The Bertz CT molecular complexity index is 1380. The van der Waals surface area contributed by atoms with E-state index in [1.54, 1.807) is 23.5 Å². The lowest BCUT2D eigenvalue weighted by Crippen LogP contribution is -2.35. The summed E-state index contributed by atoms with van der Waals surface area (Å²) in [6.07, 6.45) is 2.38. The summed E-state index contributed by atoms with van der Waals surface area (Å²) in [5.74, 6) is 1.05. The third kappa shape index (κ3) is 5.40. The fraction of sp³-hybridized carbons (Fsp3) is 0.370. The van der Waals surface area contributed by atoms with Gasteiger partial charge in [-0.2, -0.15) is 0 Å². The maximum absolute atomic E-state index is 13.7. The number of aryl methyl sites for hydroxylation is 1. The van der Waals surface area contributed by atoms with Crippen LogP contribution in [0, 0.1) is 6.92 Å². The number of carbonyl (C=O) groups is 1. The smallest absolute Gasteiger partial charge is 0.266 e. The Kier molecular flexibility index (Phi) is 7.03. The zero-order valence-corrected chi connectivity index (χ0v) is 22.1. The van der Waals surface area contributed by atoms with Gasteiger partial charge in [0.1, 0.15) is 16.5 Å². The maximum Gasteiger partial charge on any atom is 0.266 e. The number of carbonyl (C=O) groups excluding carboxylic acids is 1. The van der Waals surface area contributed by atoms with Crippen molar-refractivity contribution >= 4 is 23.1 Å². The Morgan fingerprint density at radius 2 is 2.05 bits per heavy atom. The third-order valence-electron chi connectivity index (χ3n) is 6.41. The molecule has 1 saturated heterocycles. The van der Waals surface area contributed by atoms with E-state index in [1.807, 2.05) is 61.4 Å². The van der Waals surface area contributed by atoms with Crippen molar-refractivity contribution in [1.29, 1.82) is 0 Å². The van der Waals surface area contributed by atoms with Crippen LogP contribution in [-0.4, -0.2) is 44.1 Å². The summed E-state index contributed by atoms with van der Waals surface area (Å²) in [5.41, 5.74) is 8.71. The molecule has 9 nitrogen and oxygen atoms in total. The number of benzene rings is 1. The molecular formula is C27H31N7O2S. The van der Waals surface area contributed by atoms with Crippen LogP contribution in [0.3, 0.4) is 0 Å². The van der Waals surface area contributed by atoms with E-state index in [-0.39, 0.29) is 17.8 Å². The van der Waals surface area contributed by atoms with E-state index < -0.39 is 5.54 Å². The highest BCUT2D eigenvalue weighted by atomic mass is 32.1. The van der Waals surface area contributed by atoms with Crippen molar-refractivity contribution < 1.29 is 9.21 Å². The molecule has 2 unspecified atom stereocenters. The first kappa shape index (κ1) is 25.0. The Morgan fingerprint density at radius 3 is 2.78 bits per heavy atom. The standard InChI is InChI=1S/C27H31N7O2S/c1-4-29-22-14-19(25(35)34-12-8-11-21(34)24-30-17(2)16-37-24)13-20(31-22)23-32-33-26(36-23)27(3,28)15-18-9-6-5-7-10-18/h5-7,9-10,13-14,16,21H,4,8,11-12,15,28H2,1-3H3,(H,29,31). The lowest BCUT2D eigenvalue weighted by atomic mass is 9.94. The third-order valence-corrected chi connectivity index (χ3v) is 7.48. The van der Waals surface area contributed by atoms with Gasteiger partial charge in [-0.05, 0) is 57.7 Å². The van der Waals surface area contributed by atoms with Gasteiger partial charge in [0.2, 0.25) is 5.89 Å². The molecular weight excluding hydrogens is 486 g/mol. The molecule has 0 aliphatic carbocycles. The summed E-state index contributed by atoms with van der Waals surface area (Å²) in [6, 6.07) is 13.4. The summed E-state index contributed by atoms with van der Waals surface area (Å²) < 4.78 is 6.02. The quantitative estimate of drug-likeness (QED) is 0.344. The monoisotopic (exact) mass is 517 g/mol. The number of thiazole rings is 1. The van der Waals surface area contributed by atoms with Crippen LogP contribution in [0.2, 0.25) is 0 Å². The minimum atomic E-state index is -0.862. The lowest BCUT2D eigenvalue weighted by molar-refractivity contribution is 0.0735. The summed E-state index contributed by atoms with van der Waals surface area (Å²) in [6.45, 7) is 7.16. The molecule has 1 fully saturated rings. The SMILES string of the molecule is CCNc1cc(C(=O)N2CCCC2c2nc(C)cs2)cc(-c2nnc(C(C)(N)Cc3ccccc3)o2)n1. The number of anilines is 1. The van der Waals surface area contributed by atoms with Gasteiger partial charge in [-0.1, -0.05) is 30.3 Å². The number of nitrogens with zero attached hydrogens (tertiary/aromatic N) is 5. The first-order valence-electron chi connectivity index (χ1n) is 12.5. The molecule has 0 radical (unpaired) electrons. The molecule has 3 N–H and O–H groups in total. The molecule has 0 saturated carbocycles. The molecule has 192 valence electrons. The summed E-state index contributed by atoms with van der Waals surface area (Å²) >= 11 is 1.61. The van der Waals surface area contributed by atoms with E-state index in [9.17, 15) is 4.79 Å². The van der Waals surface area contributed by atoms with Crippen molar-refractivity contribution in [3.63, 3.8) is 0 Å². The molecule has 0 spiro atoms. The number of likely N-dealkylation sites (tertiary alicyclic amines) is 1. The van der Waals surface area contributed by atoms with Gasteiger partial charge in [-0.25, -0.2) is 9.97 Å². The molecule has 1 aliphatic rings. The van der Waals surface area contributed by atoms with E-state index in [1.165, 1.54) is 0 Å². The summed E-state index contributed by atoms with van der Waals surface area (Å²) in [7, 11) is 0. The van der Waals surface area contributed by atoms with Gasteiger partial charge in [0.15, 0.2) is 0 Å². The molecule has 5 rings (SSSR count). The van der Waals surface area contributed by atoms with Crippen LogP contribution in [-0.2, 0) is 12.0 Å². The second-order valence-corrected chi connectivity index (χ2v) is 10.5. The molecule has 3 aromatic heterocycles. The Labute approximate surface area is 220 Å². The molecule has 0 bridgehead atoms. The van der Waals surface area contributed by atoms with Crippen LogP contribution in [0.25, 0.3) is 11.6 Å². The number of hydrogen-bond donors (Lipinski definition) is 2. The maximum atomic E-state index is 13.7. The predicted octanol–water partition coefficient (Wildman–Crippen LogP) is 4.72. The molecule has 2 atom stereocenters. The van der Waals surface area contributed by atoms with Gasteiger partial charge >= 0.3 is 0 Å². The van der Waals surface area contributed by atoms with Gasteiger partial charge in [-0.15, -0.1) is 21.5 Å². The highest BCUT2D eigenvalue weighted by molar-refractivity contribution is 7.09. The van der Waals surface area contributed by atoms with Gasteiger partial charge in [-0.3, -0.25) is 4.79 Å². The average molecular weight is 518 g/mol. The minimum absolute atomic E-state index is 0.0173. The van der Waals surface area contributed by atoms with Gasteiger partial charge in [0.05, 0.1) is 11.6 Å². The fourth-order valence-corrected chi connectivity index (χ4v) is 5.59. The number of pyridine rings is 1. The van der Waals surface area contributed by atoms with Crippen molar-refractivity contribution in [2.24, 2.45) is 5.73 Å². The number of aromatic nitrogens is 4. The Balaban J connectivity index is 1.44. The van der Waals surface area contributed by atoms with Crippen LogP contribution >= 0.6 is 11.3 Å². The topological polar surface area (TPSA) is 123 Å². The molecule has 37 heavy (non-hydrogen) atoms. The summed E-state index contributed by atoms with van der Waals surface area (Å²) in [5, 5.41) is 14.7. The van der Waals surface area contributed by atoms with Crippen LogP contribution < -0.4 is 11.1 Å². The fourth-order valence-electron chi connectivity index (χ4n) is 4.65. The van der Waals surface area contributed by atoms with Crippen molar-refractivity contribution in [1.82, 2.24) is 25.1 Å². The predicted molar refractivity (Wildman–Crippen MR) is 143 cm³/mol. The van der Waals surface area contributed by atoms with E-state index >= 15 is 0 Å². The first-order chi connectivity index (χ1) is 17.8. The number of hydrogen-bond acceptors (Lipinski definition) is 9. The molecule has 4 heterocycles. The largest absolute Gasteiger partial charge is 0.417 e. The number of amides is 1. The average Bonchev–Trinajstić information content (AvgIpc) is 3.65. The van der Waals surface area contributed by atoms with Crippen molar-refractivity contribution in [2.45, 2.75) is 51.6 Å². The van der Waals surface area contributed by atoms with Crippen LogP contribution in [0.5, 0.6) is 0 Å². The summed E-state index contributed by atoms with van der Waals surface area (Å²) in [4.78, 5) is 24.9. The lowest BCUT2D eigenvalue weighted by Gasteiger charge is -2.23. The Morgan fingerprint density at radius 1 is 1.24 bits per heavy atom. The van der Waals surface area contributed by atoms with Gasteiger partial charge < -0.3 is 20.4 Å². The van der Waals surface area contributed by atoms with Crippen LogP contribution in [0.15, 0.2) is 52.3 Å². The highest BCUT2D eigenvalue weighted by Crippen LogP contribution is 2.35. The van der Waals surface area contributed by atoms with Gasteiger partial charge in [0, 0.05) is 29.7 Å². The second-order valence-electron chi connectivity index (χ2n) is 9.63. The minimum Gasteiger partial charge on any atom is -0.417 e. The Hall–Kier alpha value is -3.63. The molecule has 4 aromatic rings. The highest BCUT2D eigenvalue weighted by Gasteiger charge is 2.33. The zero-order valence-electron chi connectivity index (χ0n) is 21.3. The van der Waals surface area contributed by atoms with Crippen molar-refractivity contribution in [3.8, 4) is 11.6 Å². The molecule has 10 heteroatoms. The van der Waals surface area contributed by atoms with E-state index in [0.29, 0.717) is 42.5 Å². The van der Waals surface area contributed by atoms with Crippen LogP contribution in [0.4, 0.5) is 5.82 Å². The van der Waals surface area contributed by atoms with Gasteiger partial charge in [0.25, 0.3) is 11.8 Å². The van der Waals surface area contributed by atoms with Crippen LogP contribution in [0.1, 0.15) is 65.2 Å². The molecule has 1 aliphatic heterocycles. The zero-order chi connectivity index (χ0) is 26.0. The number of nitrogens with one attached hydrogen (secondary N) is 1. The van der Waals surface area contributed by atoms with Crippen molar-refractivity contribution in [2.75, 3.05) is 18.4 Å². The second kappa shape index (κ2) is 10.4.